The van der Waals surface area contributed by atoms with Crippen LogP contribution >= 0.6 is 0 Å². The van der Waals surface area contributed by atoms with E-state index < -0.39 is 5.60 Å². The molecule has 0 aromatic heterocycles. The molecule has 7 nitrogen and oxygen atoms in total. The number of hydrogen-bond acceptors (Lipinski definition) is 7. The van der Waals surface area contributed by atoms with Crippen LogP contribution in [-0.2, 0) is 32.0 Å². The first-order chi connectivity index (χ1) is 22.0. The Morgan fingerprint density at radius 1 is 1.04 bits per heavy atom. The Kier molecular flexibility index (Phi) is 8.64. The second-order valence-corrected chi connectivity index (χ2v) is 14.2. The molecule has 4 saturated carbocycles. The third-order valence-corrected chi connectivity index (χ3v) is 12.1. The van der Waals surface area contributed by atoms with Gasteiger partial charge < -0.3 is 23.7 Å². The molecule has 0 saturated heterocycles. The summed E-state index contributed by atoms with van der Waals surface area (Å²) in [5.74, 6) is 2.86. The molecule has 4 fully saturated rings. The van der Waals surface area contributed by atoms with Crippen LogP contribution in [0.15, 0.2) is 42.5 Å². The lowest BCUT2D eigenvalue weighted by atomic mass is 9.38. The van der Waals surface area contributed by atoms with Gasteiger partial charge in [-0.25, -0.2) is 0 Å². The van der Waals surface area contributed by atoms with E-state index in [1.807, 2.05) is 14.0 Å². The highest BCUT2D eigenvalue weighted by Gasteiger charge is 2.76. The summed E-state index contributed by atoms with van der Waals surface area (Å²) >= 11 is 0. The molecule has 1 aliphatic heterocycles. The van der Waals surface area contributed by atoms with Crippen LogP contribution in [0.2, 0.25) is 0 Å². The van der Waals surface area contributed by atoms with E-state index in [-0.39, 0.29) is 35.2 Å². The molecule has 2 aromatic carbocycles. The summed E-state index contributed by atoms with van der Waals surface area (Å²) < 4.78 is 31.9. The van der Waals surface area contributed by atoms with E-state index in [1.54, 1.807) is 7.11 Å². The molecule has 2 aromatic rings. The Bertz CT molecular complexity index is 1360. The van der Waals surface area contributed by atoms with E-state index in [4.69, 9.17) is 23.7 Å². The van der Waals surface area contributed by atoms with Gasteiger partial charge in [0, 0.05) is 43.0 Å². The molecule has 2 bridgehead atoms. The van der Waals surface area contributed by atoms with Crippen molar-refractivity contribution in [2.75, 3.05) is 40.5 Å². The molecule has 5 aliphatic carbocycles. The normalized spacial score (nSPS) is 32.3. The minimum Gasteiger partial charge on any atom is -0.493 e. The highest BCUT2D eigenvalue weighted by atomic mass is 16.6. The molecule has 244 valence electrons. The van der Waals surface area contributed by atoms with Crippen LogP contribution in [0.4, 0.5) is 0 Å². The smallest absolute Gasteiger partial charge is 0.305 e. The van der Waals surface area contributed by atoms with Crippen LogP contribution in [-0.4, -0.2) is 69.1 Å². The van der Waals surface area contributed by atoms with Crippen molar-refractivity contribution < 1.29 is 28.5 Å². The highest BCUT2D eigenvalue weighted by Crippen LogP contribution is 2.74. The Morgan fingerprint density at radius 2 is 1.87 bits per heavy atom. The quantitative estimate of drug-likeness (QED) is 0.210. The van der Waals surface area contributed by atoms with Crippen molar-refractivity contribution in [2.24, 2.45) is 23.2 Å². The van der Waals surface area contributed by atoms with Gasteiger partial charge in [0.2, 0.25) is 0 Å². The zero-order valence-electron chi connectivity index (χ0n) is 27.6. The third-order valence-electron chi connectivity index (χ3n) is 12.1. The van der Waals surface area contributed by atoms with E-state index in [1.165, 1.54) is 29.5 Å². The number of esters is 1. The van der Waals surface area contributed by atoms with E-state index in [9.17, 15) is 4.79 Å². The lowest BCUT2D eigenvalue weighted by Crippen LogP contribution is -2.75. The van der Waals surface area contributed by atoms with Crippen LogP contribution in [0, 0.1) is 23.2 Å². The molecule has 45 heavy (non-hydrogen) atoms. The summed E-state index contributed by atoms with van der Waals surface area (Å²) in [4.78, 5) is 15.7. The number of ether oxygens (including phenoxy) is 5. The topological polar surface area (TPSA) is 66.5 Å². The predicted octanol–water partition coefficient (Wildman–Crippen LogP) is 6.56. The zero-order valence-corrected chi connectivity index (χ0v) is 27.6. The van der Waals surface area contributed by atoms with Crippen molar-refractivity contribution in [1.82, 2.24) is 4.90 Å². The van der Waals surface area contributed by atoms with Crippen molar-refractivity contribution >= 4 is 5.97 Å². The average Bonchev–Trinajstić information content (AvgIpc) is 3.78. The number of benzene rings is 2. The minimum atomic E-state index is -0.533. The second kappa shape index (κ2) is 12.5. The summed E-state index contributed by atoms with van der Waals surface area (Å²) in [6.07, 6.45) is 7.73. The number of hydrogen-bond donors (Lipinski definition) is 0. The lowest BCUT2D eigenvalue weighted by Gasteiger charge is -2.70. The van der Waals surface area contributed by atoms with Gasteiger partial charge in [0.25, 0.3) is 0 Å². The molecule has 7 atom stereocenters. The first kappa shape index (κ1) is 31.0. The molecular weight excluding hydrogens is 566 g/mol. The molecule has 1 heterocycles. The number of nitrogens with zero attached hydrogens (tertiary/aromatic N) is 1. The monoisotopic (exact) mass is 617 g/mol. The van der Waals surface area contributed by atoms with Crippen LogP contribution < -0.4 is 9.47 Å². The van der Waals surface area contributed by atoms with Crippen molar-refractivity contribution in [1.29, 1.82) is 0 Å². The Hall–Kier alpha value is -2.61. The predicted molar refractivity (Wildman–Crippen MR) is 173 cm³/mol. The fourth-order valence-electron chi connectivity index (χ4n) is 10.2. The standard InChI is InChI=1S/C38H51NO6/c1-5-20-39(22-25-12-13-25)31-21-27-14-16-30(41-3)35-33(27)34-36(45-35)38(42-4)19-18-37(31,34)29(28(38)15-17-32(40)44-6-2)24-43-23-26-10-8-7-9-11-26/h7-11,14,16,25,28-29,31,34,36H,5-6,12-13,15,17-24H2,1-4H3/t28-,29-,31+,34?,36+,37+,38+/m0/s1. The highest BCUT2D eigenvalue weighted by molar-refractivity contribution is 5.69. The zero-order chi connectivity index (χ0) is 31.2. The van der Waals surface area contributed by atoms with Gasteiger partial charge in [-0.1, -0.05) is 43.3 Å². The molecule has 7 heteroatoms. The first-order valence-corrected chi connectivity index (χ1v) is 17.4. The van der Waals surface area contributed by atoms with E-state index in [0.29, 0.717) is 38.7 Å². The second-order valence-electron chi connectivity index (χ2n) is 14.2. The van der Waals surface area contributed by atoms with Crippen molar-refractivity contribution in [3.63, 3.8) is 0 Å². The maximum atomic E-state index is 12.9. The fourth-order valence-corrected chi connectivity index (χ4v) is 10.2. The average molecular weight is 618 g/mol. The molecule has 1 spiro atoms. The Balaban J connectivity index is 1.36. The van der Waals surface area contributed by atoms with Crippen molar-refractivity contribution in [3.8, 4) is 11.5 Å². The van der Waals surface area contributed by atoms with Crippen LogP contribution in [0.1, 0.15) is 81.4 Å². The van der Waals surface area contributed by atoms with Gasteiger partial charge in [0.15, 0.2) is 11.5 Å². The van der Waals surface area contributed by atoms with Crippen molar-refractivity contribution in [2.45, 2.75) is 95.5 Å². The fraction of sp³-hybridized carbons (Fsp3) is 0.658. The van der Waals surface area contributed by atoms with Gasteiger partial charge in [-0.05, 0) is 93.4 Å². The number of methoxy groups -OCH3 is 2. The third kappa shape index (κ3) is 5.08. The van der Waals surface area contributed by atoms with Gasteiger partial charge in [-0.15, -0.1) is 0 Å². The van der Waals surface area contributed by atoms with E-state index in [2.05, 4.69) is 54.3 Å². The molecule has 6 aliphatic rings. The first-order valence-electron chi connectivity index (χ1n) is 17.4. The summed E-state index contributed by atoms with van der Waals surface area (Å²) in [7, 11) is 3.60. The number of carbonyl (C=O) groups is 1. The molecule has 1 unspecified atom stereocenters. The molecular formula is C38H51NO6. The van der Waals surface area contributed by atoms with Crippen molar-refractivity contribution in [3.05, 3.63) is 59.2 Å². The number of carbonyl (C=O) groups excluding carboxylic acids is 1. The lowest BCUT2D eigenvalue weighted by molar-refractivity contribution is -0.272. The minimum absolute atomic E-state index is 0.0738. The molecule has 0 N–H and O–H groups in total. The largest absolute Gasteiger partial charge is 0.493 e. The van der Waals surface area contributed by atoms with Crippen LogP contribution in [0.3, 0.4) is 0 Å². The van der Waals surface area contributed by atoms with Gasteiger partial charge in [0.05, 0.1) is 26.9 Å². The maximum Gasteiger partial charge on any atom is 0.305 e. The Morgan fingerprint density at radius 3 is 2.58 bits per heavy atom. The van der Waals surface area contributed by atoms with Gasteiger partial charge in [0.1, 0.15) is 11.7 Å². The number of fused-ring (bicyclic) bond motifs is 2. The van der Waals surface area contributed by atoms with E-state index in [0.717, 1.165) is 56.2 Å². The summed E-state index contributed by atoms with van der Waals surface area (Å²) in [5.41, 5.74) is 3.32. The summed E-state index contributed by atoms with van der Waals surface area (Å²) in [5, 5.41) is 0. The van der Waals surface area contributed by atoms with Crippen LogP contribution in [0.25, 0.3) is 0 Å². The molecule has 0 radical (unpaired) electrons. The van der Waals surface area contributed by atoms with E-state index >= 15 is 0 Å². The number of rotatable bonds is 15. The molecule has 8 rings (SSSR count). The SMILES string of the molecule is CCCN(CC1CC1)[C@@H]1Cc2ccc(OC)c3c2C2[C@@H](O3)[C@@]3(OC)CC[C@]21[C@@H](COCc1ccccc1)[C@@H]3CCC(=O)OCC. The van der Waals surface area contributed by atoms with Crippen LogP contribution in [0.5, 0.6) is 11.5 Å². The molecule has 0 amide bonds. The Labute approximate surface area is 268 Å². The van der Waals surface area contributed by atoms with Gasteiger partial charge in [-0.2, -0.15) is 0 Å². The summed E-state index contributed by atoms with van der Waals surface area (Å²) in [6.45, 7) is 8.06. The van der Waals surface area contributed by atoms with Gasteiger partial charge in [-0.3, -0.25) is 9.69 Å². The van der Waals surface area contributed by atoms with Gasteiger partial charge >= 0.3 is 5.97 Å². The maximum absolute atomic E-state index is 12.9. The summed E-state index contributed by atoms with van der Waals surface area (Å²) in [6, 6.07) is 15.2.